The SMILES string of the molecule is CN([C@@H](c1ccc(C(C)(C)C)cc1)c1ccccc1P(C(C)(C)C)C(C)(C)C)S(=O)C(C)(C)C. The van der Waals surface area contributed by atoms with E-state index in [4.69, 9.17) is 0 Å². The zero-order chi connectivity index (χ0) is 26.3. The molecule has 2 atom stereocenters. The van der Waals surface area contributed by atoms with Crippen molar-refractivity contribution < 1.29 is 4.21 Å². The Balaban J connectivity index is 2.81. The Hall–Kier alpha value is -1.02. The maximum Gasteiger partial charge on any atom is 0.100 e. The Labute approximate surface area is 214 Å². The minimum Gasteiger partial charge on any atom is -0.242 e. The number of benzene rings is 2. The van der Waals surface area contributed by atoms with Crippen molar-refractivity contribution in [2.75, 3.05) is 7.05 Å². The van der Waals surface area contributed by atoms with E-state index >= 15 is 0 Å². The van der Waals surface area contributed by atoms with Gasteiger partial charge in [0.2, 0.25) is 0 Å². The molecule has 2 rings (SSSR count). The zero-order valence-electron chi connectivity index (χ0n) is 23.9. The summed E-state index contributed by atoms with van der Waals surface area (Å²) >= 11 is 0. The Morgan fingerprint density at radius 2 is 1.21 bits per heavy atom. The second-order valence-corrected chi connectivity index (χ2v) is 19.6. The molecule has 34 heavy (non-hydrogen) atoms. The van der Waals surface area contributed by atoms with Crippen LogP contribution < -0.4 is 5.30 Å². The summed E-state index contributed by atoms with van der Waals surface area (Å²) in [6.07, 6.45) is 0. The van der Waals surface area contributed by atoms with Crippen LogP contribution in [-0.2, 0) is 16.4 Å². The molecular weight excluding hydrogens is 453 g/mol. The fourth-order valence-electron chi connectivity index (χ4n) is 4.93. The van der Waals surface area contributed by atoms with Crippen LogP contribution in [0.5, 0.6) is 0 Å². The van der Waals surface area contributed by atoms with Gasteiger partial charge in [-0.1, -0.05) is 119 Å². The van der Waals surface area contributed by atoms with Crippen molar-refractivity contribution in [3.8, 4) is 0 Å². The second kappa shape index (κ2) is 10.2. The van der Waals surface area contributed by atoms with Gasteiger partial charge >= 0.3 is 0 Å². The number of hydrogen-bond donors (Lipinski definition) is 0. The fraction of sp³-hybridized carbons (Fsp3) is 0.600. The van der Waals surface area contributed by atoms with E-state index in [0.29, 0.717) is 0 Å². The number of rotatable bonds is 5. The van der Waals surface area contributed by atoms with Gasteiger partial charge in [0.15, 0.2) is 0 Å². The monoisotopic (exact) mass is 501 g/mol. The van der Waals surface area contributed by atoms with Crippen LogP contribution in [0.1, 0.15) is 106 Å². The number of nitrogens with zero attached hydrogens (tertiary/aromatic N) is 1. The van der Waals surface area contributed by atoms with Crippen LogP contribution in [0.25, 0.3) is 0 Å². The lowest BCUT2D eigenvalue weighted by atomic mass is 9.86. The molecule has 4 heteroatoms. The van der Waals surface area contributed by atoms with Gasteiger partial charge in [0.1, 0.15) is 11.0 Å². The van der Waals surface area contributed by atoms with Gasteiger partial charge in [-0.05, 0) is 58.5 Å². The predicted octanol–water partition coefficient (Wildman–Crippen LogP) is 8.17. The van der Waals surface area contributed by atoms with E-state index in [2.05, 4.69) is 136 Å². The van der Waals surface area contributed by atoms with Crippen molar-refractivity contribution in [3.63, 3.8) is 0 Å². The molecule has 0 fully saturated rings. The van der Waals surface area contributed by atoms with Crippen molar-refractivity contribution in [1.82, 2.24) is 4.31 Å². The molecule has 0 spiro atoms. The van der Waals surface area contributed by atoms with Crippen LogP contribution in [0, 0.1) is 0 Å². The van der Waals surface area contributed by atoms with Crippen molar-refractivity contribution in [2.45, 2.75) is 110 Å². The van der Waals surface area contributed by atoms with E-state index in [9.17, 15) is 4.21 Å². The van der Waals surface area contributed by atoms with Crippen LogP contribution in [0.2, 0.25) is 0 Å². The smallest absolute Gasteiger partial charge is 0.100 e. The fourth-order valence-corrected chi connectivity index (χ4v) is 10.4. The average Bonchev–Trinajstić information content (AvgIpc) is 2.65. The third-order valence-electron chi connectivity index (χ3n) is 6.06. The first-order chi connectivity index (χ1) is 15.3. The molecule has 2 aromatic carbocycles. The van der Waals surface area contributed by atoms with Gasteiger partial charge in [-0.25, -0.2) is 8.51 Å². The summed E-state index contributed by atoms with van der Waals surface area (Å²) in [5.41, 5.74) is 3.88. The van der Waals surface area contributed by atoms with Gasteiger partial charge in [-0.3, -0.25) is 0 Å². The lowest BCUT2D eigenvalue weighted by Gasteiger charge is -2.44. The Kier molecular flexibility index (Phi) is 8.72. The third kappa shape index (κ3) is 6.80. The molecule has 1 unspecified atom stereocenters. The topological polar surface area (TPSA) is 20.3 Å². The number of hydrogen-bond acceptors (Lipinski definition) is 1. The second-order valence-electron chi connectivity index (χ2n) is 13.4. The van der Waals surface area contributed by atoms with Crippen molar-refractivity contribution in [3.05, 3.63) is 65.2 Å². The van der Waals surface area contributed by atoms with Crippen LogP contribution in [0.3, 0.4) is 0 Å². The zero-order valence-corrected chi connectivity index (χ0v) is 25.6. The predicted molar refractivity (Wildman–Crippen MR) is 155 cm³/mol. The highest BCUT2D eigenvalue weighted by atomic mass is 32.2. The van der Waals surface area contributed by atoms with Crippen LogP contribution >= 0.6 is 7.92 Å². The molecule has 0 aliphatic heterocycles. The highest BCUT2D eigenvalue weighted by Crippen LogP contribution is 2.59. The molecule has 0 aliphatic rings. The molecule has 2 nitrogen and oxygen atoms in total. The summed E-state index contributed by atoms with van der Waals surface area (Å²) in [5.74, 6) is 0. The summed E-state index contributed by atoms with van der Waals surface area (Å²) in [6, 6.07) is 17.8. The van der Waals surface area contributed by atoms with Crippen molar-refractivity contribution >= 4 is 24.2 Å². The highest BCUT2D eigenvalue weighted by Gasteiger charge is 2.39. The van der Waals surface area contributed by atoms with Crippen molar-refractivity contribution in [2.24, 2.45) is 0 Å². The molecule has 0 N–H and O–H groups in total. The van der Waals surface area contributed by atoms with Crippen molar-refractivity contribution in [1.29, 1.82) is 0 Å². The maximum atomic E-state index is 13.7. The molecule has 190 valence electrons. The third-order valence-corrected chi connectivity index (χ3v) is 11.4. The van der Waals surface area contributed by atoms with Crippen LogP contribution in [0.15, 0.2) is 48.5 Å². The molecule has 0 amide bonds. The highest BCUT2D eigenvalue weighted by molar-refractivity contribution is 7.84. The maximum absolute atomic E-state index is 13.7. The minimum absolute atomic E-state index is 0.0834. The minimum atomic E-state index is -1.16. The Bertz CT molecular complexity index is 971. The molecular formula is C30H48NOPS. The van der Waals surface area contributed by atoms with E-state index in [1.165, 1.54) is 22.0 Å². The lowest BCUT2D eigenvalue weighted by molar-refractivity contribution is 0.441. The summed E-state index contributed by atoms with van der Waals surface area (Å²) in [5, 5.41) is 1.71. The Morgan fingerprint density at radius 3 is 1.62 bits per heavy atom. The summed E-state index contributed by atoms with van der Waals surface area (Å²) in [7, 11) is 0.362. The average molecular weight is 502 g/mol. The van der Waals surface area contributed by atoms with E-state index in [1.54, 1.807) is 0 Å². The first-order valence-electron chi connectivity index (χ1n) is 12.4. The molecule has 0 bridgehead atoms. The molecule has 0 radical (unpaired) electrons. The van der Waals surface area contributed by atoms with E-state index in [0.717, 1.165) is 0 Å². The molecule has 2 aromatic rings. The Morgan fingerprint density at radius 1 is 0.735 bits per heavy atom. The molecule has 0 saturated heterocycles. The largest absolute Gasteiger partial charge is 0.242 e. The first kappa shape index (κ1) is 29.2. The van der Waals surface area contributed by atoms with Gasteiger partial charge in [0.25, 0.3) is 0 Å². The molecule has 0 saturated carbocycles. The van der Waals surface area contributed by atoms with Gasteiger partial charge in [-0.15, -0.1) is 0 Å². The molecule has 0 aromatic heterocycles. The quantitative estimate of drug-likeness (QED) is 0.378. The normalized spacial score (nSPS) is 15.6. The van der Waals surface area contributed by atoms with E-state index < -0.39 is 18.9 Å². The summed E-state index contributed by atoms with van der Waals surface area (Å²) in [4.78, 5) is 0. The molecule has 0 heterocycles. The van der Waals surface area contributed by atoms with Crippen LogP contribution in [-0.4, -0.2) is 30.6 Å². The van der Waals surface area contributed by atoms with Gasteiger partial charge in [0, 0.05) is 7.05 Å². The van der Waals surface area contributed by atoms with Gasteiger partial charge in [-0.2, -0.15) is 0 Å². The standard InChI is InChI=1S/C30H48NOPS/c1-27(2,3)23-20-18-22(19-21-23)26(31(13)34(32)30(10,11)12)24-16-14-15-17-25(24)33(28(4,5)6)29(7,8)9/h14-21,26H,1-13H3/t26-,34?/m0/s1. The lowest BCUT2D eigenvalue weighted by Crippen LogP contribution is -2.40. The van der Waals surface area contributed by atoms with Gasteiger partial charge < -0.3 is 0 Å². The first-order valence-corrected chi connectivity index (χ1v) is 14.9. The van der Waals surface area contributed by atoms with E-state index in [-0.39, 0.29) is 26.5 Å². The van der Waals surface area contributed by atoms with E-state index in [1.807, 2.05) is 7.05 Å². The molecule has 0 aliphatic carbocycles. The summed E-state index contributed by atoms with van der Waals surface area (Å²) in [6.45, 7) is 27.1. The van der Waals surface area contributed by atoms with Gasteiger partial charge in [0.05, 0.1) is 10.8 Å². The summed E-state index contributed by atoms with van der Waals surface area (Å²) < 4.78 is 15.4. The van der Waals surface area contributed by atoms with Crippen LogP contribution in [0.4, 0.5) is 0 Å².